The molecular weight excluding hydrogens is 310 g/mol. The highest BCUT2D eigenvalue weighted by atomic mass is 16.4. The number of rotatable bonds is 3. The Morgan fingerprint density at radius 1 is 0.880 bits per heavy atom. The Bertz CT molecular complexity index is 825. The molecule has 0 amide bonds. The maximum absolute atomic E-state index is 11.3. The smallest absolute Gasteiger partial charge is 0.136 e. The molecule has 2 aromatic carbocycles. The molecule has 130 valence electrons. The van der Waals surface area contributed by atoms with Crippen molar-refractivity contribution in [2.45, 2.75) is 36.8 Å². The van der Waals surface area contributed by atoms with Crippen LogP contribution in [0.5, 0.6) is 0 Å². The monoisotopic (exact) mass is 335 g/mol. The molecule has 1 aromatic heterocycles. The van der Waals surface area contributed by atoms with Gasteiger partial charge >= 0.3 is 0 Å². The van der Waals surface area contributed by atoms with Crippen LogP contribution in [0.25, 0.3) is 11.0 Å². The van der Waals surface area contributed by atoms with Gasteiger partial charge in [0.05, 0.1) is 0 Å². The van der Waals surface area contributed by atoms with Gasteiger partial charge < -0.3 is 9.52 Å². The Balaban J connectivity index is 1.64. The fourth-order valence-corrected chi connectivity index (χ4v) is 4.28. The second-order valence-corrected chi connectivity index (χ2v) is 7.47. The number of hydrogen-bond donors (Lipinski definition) is 1. The van der Waals surface area contributed by atoms with E-state index in [1.165, 1.54) is 5.56 Å². The van der Waals surface area contributed by atoms with E-state index in [0.717, 1.165) is 23.8 Å². The van der Waals surface area contributed by atoms with Gasteiger partial charge in [-0.05, 0) is 57.5 Å². The zero-order valence-electron chi connectivity index (χ0n) is 14.9. The van der Waals surface area contributed by atoms with Gasteiger partial charge in [-0.25, -0.2) is 0 Å². The van der Waals surface area contributed by atoms with Crippen LogP contribution in [0.4, 0.5) is 0 Å². The Morgan fingerprint density at radius 3 is 2.16 bits per heavy atom. The van der Waals surface area contributed by atoms with Crippen LogP contribution in [0, 0.1) is 0 Å². The largest absolute Gasteiger partial charge is 0.458 e. The van der Waals surface area contributed by atoms with Crippen molar-refractivity contribution >= 4 is 11.0 Å². The fourth-order valence-electron chi connectivity index (χ4n) is 4.28. The lowest BCUT2D eigenvalue weighted by Crippen LogP contribution is -2.47. The zero-order valence-corrected chi connectivity index (χ0v) is 14.9. The quantitative estimate of drug-likeness (QED) is 0.757. The first-order valence-electron chi connectivity index (χ1n) is 8.98. The highest BCUT2D eigenvalue weighted by Crippen LogP contribution is 2.48. The van der Waals surface area contributed by atoms with E-state index in [9.17, 15) is 5.11 Å². The van der Waals surface area contributed by atoms with Crippen LogP contribution in [0.1, 0.15) is 37.0 Å². The van der Waals surface area contributed by atoms with Crippen molar-refractivity contribution < 1.29 is 9.52 Å². The van der Waals surface area contributed by atoms with Crippen LogP contribution >= 0.6 is 0 Å². The van der Waals surface area contributed by atoms with Crippen molar-refractivity contribution in [1.82, 2.24) is 4.90 Å². The Morgan fingerprint density at radius 2 is 1.52 bits per heavy atom. The van der Waals surface area contributed by atoms with Crippen molar-refractivity contribution in [3.8, 4) is 0 Å². The molecule has 25 heavy (non-hydrogen) atoms. The van der Waals surface area contributed by atoms with E-state index in [1.54, 1.807) is 0 Å². The number of fused-ring (bicyclic) bond motifs is 1. The molecule has 0 atom stereocenters. The van der Waals surface area contributed by atoms with Gasteiger partial charge in [0.2, 0.25) is 0 Å². The third-order valence-electron chi connectivity index (χ3n) is 5.96. The predicted octanol–water partition coefficient (Wildman–Crippen LogP) is 4.65. The SMILES string of the molecule is CN(C)C1(c2ccccc2)CCC(O)(c2cc3ccccc3o2)CC1. The predicted molar refractivity (Wildman–Crippen MR) is 100 cm³/mol. The van der Waals surface area contributed by atoms with E-state index >= 15 is 0 Å². The first-order chi connectivity index (χ1) is 12.0. The molecule has 3 nitrogen and oxygen atoms in total. The molecule has 0 saturated heterocycles. The number of benzene rings is 2. The van der Waals surface area contributed by atoms with Gasteiger partial charge in [0.15, 0.2) is 0 Å². The lowest BCUT2D eigenvalue weighted by molar-refractivity contribution is -0.0631. The van der Waals surface area contributed by atoms with Crippen LogP contribution < -0.4 is 0 Å². The summed E-state index contributed by atoms with van der Waals surface area (Å²) in [4.78, 5) is 2.31. The fraction of sp³-hybridized carbons (Fsp3) is 0.364. The number of aliphatic hydroxyl groups is 1. The summed E-state index contributed by atoms with van der Waals surface area (Å²) in [6, 6.07) is 20.6. The van der Waals surface area contributed by atoms with E-state index in [4.69, 9.17) is 4.42 Å². The summed E-state index contributed by atoms with van der Waals surface area (Å²) >= 11 is 0. The summed E-state index contributed by atoms with van der Waals surface area (Å²) in [5.74, 6) is 0.703. The van der Waals surface area contributed by atoms with E-state index in [1.807, 2.05) is 30.3 Å². The summed E-state index contributed by atoms with van der Waals surface area (Å²) in [6.07, 6.45) is 3.19. The zero-order chi connectivity index (χ0) is 17.5. The molecular formula is C22H25NO2. The number of hydrogen-bond acceptors (Lipinski definition) is 3. The van der Waals surface area contributed by atoms with Gasteiger partial charge in [-0.15, -0.1) is 0 Å². The van der Waals surface area contributed by atoms with Crippen molar-refractivity contribution in [3.63, 3.8) is 0 Å². The molecule has 1 heterocycles. The molecule has 1 aliphatic carbocycles. The molecule has 1 aliphatic rings. The maximum Gasteiger partial charge on any atom is 0.136 e. The van der Waals surface area contributed by atoms with Crippen LogP contribution in [0.15, 0.2) is 65.1 Å². The lowest BCUT2D eigenvalue weighted by Gasteiger charge is -2.47. The Kier molecular flexibility index (Phi) is 3.94. The van der Waals surface area contributed by atoms with Gasteiger partial charge in [0, 0.05) is 10.9 Å². The highest BCUT2D eigenvalue weighted by Gasteiger charge is 2.46. The highest BCUT2D eigenvalue weighted by molar-refractivity contribution is 5.77. The molecule has 0 radical (unpaired) electrons. The molecule has 3 heteroatoms. The third kappa shape index (κ3) is 2.68. The van der Waals surface area contributed by atoms with Gasteiger partial charge in [0.1, 0.15) is 16.9 Å². The molecule has 4 rings (SSSR count). The first-order valence-corrected chi connectivity index (χ1v) is 8.98. The minimum atomic E-state index is -0.882. The lowest BCUT2D eigenvalue weighted by atomic mass is 9.69. The first kappa shape index (κ1) is 16.4. The summed E-state index contributed by atoms with van der Waals surface area (Å²) in [5.41, 5.74) is 1.26. The van der Waals surface area contributed by atoms with Crippen LogP contribution in [0.2, 0.25) is 0 Å². The number of furan rings is 1. The topological polar surface area (TPSA) is 36.6 Å². The normalized spacial score (nSPS) is 27.0. The second-order valence-electron chi connectivity index (χ2n) is 7.47. The van der Waals surface area contributed by atoms with Crippen LogP contribution in [-0.4, -0.2) is 24.1 Å². The van der Waals surface area contributed by atoms with Crippen LogP contribution in [0.3, 0.4) is 0 Å². The average Bonchev–Trinajstić information content (AvgIpc) is 3.08. The summed E-state index contributed by atoms with van der Waals surface area (Å²) in [7, 11) is 4.27. The van der Waals surface area contributed by atoms with Crippen molar-refractivity contribution in [2.24, 2.45) is 0 Å². The summed E-state index contributed by atoms with van der Waals surface area (Å²) < 4.78 is 5.98. The molecule has 3 aromatic rings. The molecule has 1 saturated carbocycles. The Hall–Kier alpha value is -2.10. The molecule has 0 spiro atoms. The molecule has 0 unspecified atom stereocenters. The Labute approximate surface area is 148 Å². The third-order valence-corrected chi connectivity index (χ3v) is 5.96. The maximum atomic E-state index is 11.3. The molecule has 0 bridgehead atoms. The van der Waals surface area contributed by atoms with Crippen LogP contribution in [-0.2, 0) is 11.1 Å². The minimum absolute atomic E-state index is 0.0283. The van der Waals surface area contributed by atoms with Gasteiger partial charge in [-0.3, -0.25) is 4.90 Å². The van der Waals surface area contributed by atoms with E-state index in [2.05, 4.69) is 49.3 Å². The minimum Gasteiger partial charge on any atom is -0.458 e. The summed E-state index contributed by atoms with van der Waals surface area (Å²) in [6.45, 7) is 0. The number of para-hydroxylation sites is 1. The van der Waals surface area contributed by atoms with Gasteiger partial charge in [-0.1, -0.05) is 48.5 Å². The molecule has 1 fully saturated rings. The van der Waals surface area contributed by atoms with Crippen molar-refractivity contribution in [2.75, 3.05) is 14.1 Å². The standard InChI is InChI=1S/C22H25NO2/c1-23(2)21(18-9-4-3-5-10-18)12-14-22(24,15-13-21)20-16-17-8-6-7-11-19(17)25-20/h3-11,16,24H,12-15H2,1-2H3. The molecule has 0 aliphatic heterocycles. The summed E-state index contributed by atoms with van der Waals surface area (Å²) in [5, 5.41) is 12.3. The van der Waals surface area contributed by atoms with E-state index in [0.29, 0.717) is 18.6 Å². The number of nitrogens with zero attached hydrogens (tertiary/aromatic N) is 1. The van der Waals surface area contributed by atoms with Gasteiger partial charge in [-0.2, -0.15) is 0 Å². The molecule has 1 N–H and O–H groups in total. The second kappa shape index (κ2) is 6.01. The average molecular weight is 335 g/mol. The van der Waals surface area contributed by atoms with E-state index in [-0.39, 0.29) is 5.54 Å². The van der Waals surface area contributed by atoms with E-state index < -0.39 is 5.60 Å². The van der Waals surface area contributed by atoms with Crippen molar-refractivity contribution in [1.29, 1.82) is 0 Å². The van der Waals surface area contributed by atoms with Gasteiger partial charge in [0.25, 0.3) is 0 Å². The van der Waals surface area contributed by atoms with Crippen molar-refractivity contribution in [3.05, 3.63) is 72.0 Å².